The summed E-state index contributed by atoms with van der Waals surface area (Å²) in [5.74, 6) is 2.53. The van der Waals surface area contributed by atoms with Crippen molar-refractivity contribution >= 4 is 33.7 Å². The molecule has 0 atom stereocenters. The molecule has 0 saturated carbocycles. The molecule has 3 aromatic rings. The minimum absolute atomic E-state index is 0.467. The van der Waals surface area contributed by atoms with Gasteiger partial charge in [-0.1, -0.05) is 38.6 Å². The van der Waals surface area contributed by atoms with Crippen LogP contribution in [0.3, 0.4) is 0 Å². The Bertz CT molecular complexity index is 944. The highest BCUT2D eigenvalue weighted by Gasteiger charge is 2.20. The number of allylic oxidation sites excluding steroid dienone is 1. The van der Waals surface area contributed by atoms with E-state index in [1.807, 2.05) is 32.2 Å². The molecule has 1 aromatic carbocycles. The lowest BCUT2D eigenvalue weighted by molar-refractivity contribution is 0.223. The largest absolute Gasteiger partial charge is 0.497 e. The van der Waals surface area contributed by atoms with Gasteiger partial charge in [0.2, 0.25) is 5.95 Å². The van der Waals surface area contributed by atoms with Gasteiger partial charge in [-0.05, 0) is 18.9 Å². The fourth-order valence-corrected chi connectivity index (χ4v) is 3.13. The number of likely N-dealkylation sites (N-methyl/N-ethyl adjacent to an activating group) is 1. The first-order chi connectivity index (χ1) is 12.4. The van der Waals surface area contributed by atoms with Crippen LogP contribution in [0.4, 0.5) is 11.8 Å². The lowest BCUT2D eigenvalue weighted by Gasteiger charge is -2.21. The molecule has 0 aliphatic rings. The zero-order valence-electron chi connectivity index (χ0n) is 16.0. The highest BCUT2D eigenvalue weighted by molar-refractivity contribution is 6.07. The number of pyridine rings is 1. The van der Waals surface area contributed by atoms with Crippen molar-refractivity contribution in [2.45, 2.75) is 27.3 Å². The van der Waals surface area contributed by atoms with E-state index in [-0.39, 0.29) is 0 Å². The van der Waals surface area contributed by atoms with Crippen molar-refractivity contribution in [3.63, 3.8) is 0 Å². The number of nitrogens with zero attached hydrogens (tertiary/aromatic N) is 4. The van der Waals surface area contributed by atoms with Crippen LogP contribution in [0.1, 0.15) is 20.8 Å². The summed E-state index contributed by atoms with van der Waals surface area (Å²) in [6.07, 6.45) is 0. The molecule has 0 amide bonds. The van der Waals surface area contributed by atoms with Gasteiger partial charge >= 0.3 is 0 Å². The second-order valence-electron chi connectivity index (χ2n) is 7.10. The molecule has 0 fully saturated rings. The van der Waals surface area contributed by atoms with E-state index in [0.29, 0.717) is 30.6 Å². The van der Waals surface area contributed by atoms with Crippen LogP contribution >= 0.6 is 0 Å². The molecule has 6 nitrogen and oxygen atoms in total. The minimum atomic E-state index is 0.467. The van der Waals surface area contributed by atoms with E-state index in [4.69, 9.17) is 15.5 Å². The predicted molar refractivity (Wildman–Crippen MR) is 108 cm³/mol. The van der Waals surface area contributed by atoms with Gasteiger partial charge in [0.1, 0.15) is 12.1 Å². The molecule has 0 radical (unpaired) electrons. The van der Waals surface area contributed by atoms with Crippen molar-refractivity contribution in [1.29, 1.82) is 0 Å². The summed E-state index contributed by atoms with van der Waals surface area (Å²) < 4.78 is 7.76. The van der Waals surface area contributed by atoms with Gasteiger partial charge in [-0.2, -0.15) is 0 Å². The zero-order chi connectivity index (χ0) is 18.8. The molecule has 0 spiro atoms. The lowest BCUT2D eigenvalue weighted by Crippen LogP contribution is -2.26. The van der Waals surface area contributed by atoms with Crippen LogP contribution in [0, 0.1) is 5.92 Å². The Hall–Kier alpha value is -2.76. The lowest BCUT2D eigenvalue weighted by atomic mass is 10.1. The topological polar surface area (TPSA) is 69.2 Å². The molecule has 2 aromatic heterocycles. The Morgan fingerprint density at radius 1 is 1.31 bits per heavy atom. The standard InChI is InChI=1S/C20H27N5O/c1-13(2)12-25-18-15-8-6-7-9-16(15)22-19(21)17(18)23-20(25)24(5)10-11-26-14(3)4/h6-9,13H,3,10-12H2,1-2,4-5H3,(H2,21,22). The molecule has 0 unspecified atom stereocenters. The number of nitrogens with two attached hydrogens (primary N) is 1. The third-order valence-electron chi connectivity index (χ3n) is 4.25. The van der Waals surface area contributed by atoms with E-state index in [2.05, 4.69) is 40.9 Å². The number of aromatic nitrogens is 3. The number of hydrogen-bond acceptors (Lipinski definition) is 5. The highest BCUT2D eigenvalue weighted by Crippen LogP contribution is 2.32. The summed E-state index contributed by atoms with van der Waals surface area (Å²) in [6.45, 7) is 12.2. The monoisotopic (exact) mass is 353 g/mol. The molecule has 2 heterocycles. The van der Waals surface area contributed by atoms with Gasteiger partial charge in [-0.3, -0.25) is 0 Å². The Labute approximate surface area is 154 Å². The number of para-hydroxylation sites is 1. The average Bonchev–Trinajstić information content (AvgIpc) is 2.94. The van der Waals surface area contributed by atoms with Crippen LogP contribution in [0.5, 0.6) is 0 Å². The van der Waals surface area contributed by atoms with Crippen molar-refractivity contribution in [3.05, 3.63) is 36.6 Å². The molecular weight excluding hydrogens is 326 g/mol. The summed E-state index contributed by atoms with van der Waals surface area (Å²) in [4.78, 5) is 11.5. The quantitative estimate of drug-likeness (QED) is 0.654. The SMILES string of the molecule is C=C(C)OCCN(C)c1nc2c(N)nc3ccccc3c2n1CC(C)C. The summed E-state index contributed by atoms with van der Waals surface area (Å²) in [7, 11) is 2.02. The van der Waals surface area contributed by atoms with E-state index in [1.54, 1.807) is 0 Å². The van der Waals surface area contributed by atoms with Gasteiger partial charge in [0.05, 0.1) is 23.3 Å². The zero-order valence-corrected chi connectivity index (χ0v) is 16.0. The molecule has 3 rings (SSSR count). The fourth-order valence-electron chi connectivity index (χ4n) is 3.13. The average molecular weight is 353 g/mol. The van der Waals surface area contributed by atoms with E-state index < -0.39 is 0 Å². The third-order valence-corrected chi connectivity index (χ3v) is 4.25. The third kappa shape index (κ3) is 3.45. The van der Waals surface area contributed by atoms with E-state index >= 15 is 0 Å². The maximum Gasteiger partial charge on any atom is 0.206 e. The predicted octanol–water partition coefficient (Wildman–Crippen LogP) is 3.81. The first-order valence-corrected chi connectivity index (χ1v) is 8.92. The van der Waals surface area contributed by atoms with E-state index in [9.17, 15) is 0 Å². The summed E-state index contributed by atoms with van der Waals surface area (Å²) in [5.41, 5.74) is 8.93. The Morgan fingerprint density at radius 2 is 2.04 bits per heavy atom. The number of ether oxygens (including phenoxy) is 1. The number of imidazole rings is 1. The first kappa shape index (κ1) is 18.0. The van der Waals surface area contributed by atoms with Crippen LogP contribution < -0.4 is 10.6 Å². The number of anilines is 2. The summed E-state index contributed by atoms with van der Waals surface area (Å²) in [5, 5.41) is 1.07. The van der Waals surface area contributed by atoms with E-state index in [0.717, 1.165) is 34.4 Å². The number of nitrogen functional groups attached to an aromatic ring is 1. The Morgan fingerprint density at radius 3 is 2.73 bits per heavy atom. The molecule has 138 valence electrons. The number of fused-ring (bicyclic) bond motifs is 3. The van der Waals surface area contributed by atoms with Crippen LogP contribution in [0.25, 0.3) is 21.9 Å². The van der Waals surface area contributed by atoms with Crippen molar-refractivity contribution in [2.75, 3.05) is 30.8 Å². The van der Waals surface area contributed by atoms with Crippen LogP contribution in [0.2, 0.25) is 0 Å². The molecule has 0 aliphatic carbocycles. The van der Waals surface area contributed by atoms with Crippen LogP contribution in [-0.2, 0) is 11.3 Å². The van der Waals surface area contributed by atoms with Crippen LogP contribution in [0.15, 0.2) is 36.6 Å². The molecule has 26 heavy (non-hydrogen) atoms. The van der Waals surface area contributed by atoms with Gasteiger partial charge in [0, 0.05) is 19.0 Å². The molecular formula is C20H27N5O. The van der Waals surface area contributed by atoms with Gasteiger partial charge in [-0.25, -0.2) is 9.97 Å². The second kappa shape index (κ2) is 7.23. The van der Waals surface area contributed by atoms with Gasteiger partial charge in [0.15, 0.2) is 5.82 Å². The minimum Gasteiger partial charge on any atom is -0.497 e. The Kier molecular flexibility index (Phi) is 5.02. The van der Waals surface area contributed by atoms with Crippen molar-refractivity contribution in [3.8, 4) is 0 Å². The van der Waals surface area contributed by atoms with Gasteiger partial charge in [0.25, 0.3) is 0 Å². The normalized spacial score (nSPS) is 11.4. The van der Waals surface area contributed by atoms with Gasteiger partial charge < -0.3 is 19.9 Å². The first-order valence-electron chi connectivity index (χ1n) is 8.92. The second-order valence-corrected chi connectivity index (χ2v) is 7.10. The maximum absolute atomic E-state index is 6.23. The van der Waals surface area contributed by atoms with Crippen LogP contribution in [-0.4, -0.2) is 34.7 Å². The van der Waals surface area contributed by atoms with Crippen molar-refractivity contribution in [1.82, 2.24) is 14.5 Å². The molecule has 0 bridgehead atoms. The fraction of sp³-hybridized carbons (Fsp3) is 0.400. The molecule has 0 saturated heterocycles. The summed E-state index contributed by atoms with van der Waals surface area (Å²) >= 11 is 0. The Balaban J connectivity index is 2.14. The highest BCUT2D eigenvalue weighted by atomic mass is 16.5. The smallest absolute Gasteiger partial charge is 0.206 e. The van der Waals surface area contributed by atoms with Crippen molar-refractivity contribution < 1.29 is 4.74 Å². The maximum atomic E-state index is 6.23. The number of hydrogen-bond donors (Lipinski definition) is 1. The molecule has 6 heteroatoms. The van der Waals surface area contributed by atoms with Crippen molar-refractivity contribution in [2.24, 2.45) is 5.92 Å². The van der Waals surface area contributed by atoms with Gasteiger partial charge in [-0.15, -0.1) is 0 Å². The number of rotatable bonds is 7. The summed E-state index contributed by atoms with van der Waals surface area (Å²) in [6, 6.07) is 8.07. The number of benzene rings is 1. The molecule has 0 aliphatic heterocycles. The molecule has 2 N–H and O–H groups in total. The van der Waals surface area contributed by atoms with E-state index in [1.165, 1.54) is 0 Å².